The lowest BCUT2D eigenvalue weighted by Gasteiger charge is -2.14. The number of anilines is 1. The molecule has 0 saturated carbocycles. The first-order valence-electron chi connectivity index (χ1n) is 9.09. The largest absolute Gasteiger partial charge is 0.491 e. The standard InChI is InChI=1S/C20H20Cl2N2O5/c1-12(19(25)24-18-17(22)9-14(21)10-23-18)29-20(26)13-4-6-15(7-5-13)28-11-16-3-2-8-27-16/h4-7,9-10,12,16H,2-3,8,11H2,1H3,(H,23,24,25)/t12-,16-/m1/s1. The van der Waals surface area contributed by atoms with Crippen molar-refractivity contribution in [1.29, 1.82) is 0 Å². The van der Waals surface area contributed by atoms with E-state index >= 15 is 0 Å². The summed E-state index contributed by atoms with van der Waals surface area (Å²) in [4.78, 5) is 28.4. The van der Waals surface area contributed by atoms with E-state index in [4.69, 9.17) is 37.4 Å². The molecule has 1 amide bonds. The molecule has 7 nitrogen and oxygen atoms in total. The molecule has 0 aliphatic carbocycles. The maximum absolute atomic E-state index is 12.3. The maximum Gasteiger partial charge on any atom is 0.338 e. The zero-order chi connectivity index (χ0) is 20.8. The number of hydrogen-bond acceptors (Lipinski definition) is 6. The van der Waals surface area contributed by atoms with Gasteiger partial charge < -0.3 is 19.5 Å². The van der Waals surface area contributed by atoms with Gasteiger partial charge in [0.15, 0.2) is 11.9 Å². The van der Waals surface area contributed by atoms with Gasteiger partial charge in [0.25, 0.3) is 5.91 Å². The molecule has 2 atom stereocenters. The molecule has 0 unspecified atom stereocenters. The highest BCUT2D eigenvalue weighted by Crippen LogP contribution is 2.23. The molecule has 2 aromatic rings. The average molecular weight is 439 g/mol. The first-order valence-corrected chi connectivity index (χ1v) is 9.85. The Hall–Kier alpha value is -2.35. The van der Waals surface area contributed by atoms with Crippen molar-refractivity contribution in [2.75, 3.05) is 18.5 Å². The van der Waals surface area contributed by atoms with Gasteiger partial charge in [-0.05, 0) is 50.1 Å². The number of pyridine rings is 1. The van der Waals surface area contributed by atoms with Crippen LogP contribution >= 0.6 is 23.2 Å². The number of benzene rings is 1. The van der Waals surface area contributed by atoms with Crippen LogP contribution in [0.3, 0.4) is 0 Å². The third-order valence-electron chi connectivity index (χ3n) is 4.25. The van der Waals surface area contributed by atoms with Crippen LogP contribution in [0.25, 0.3) is 0 Å². The van der Waals surface area contributed by atoms with E-state index in [1.54, 1.807) is 24.3 Å². The fourth-order valence-corrected chi connectivity index (χ4v) is 3.09. The molecule has 0 bridgehead atoms. The quantitative estimate of drug-likeness (QED) is 0.653. The fourth-order valence-electron chi connectivity index (χ4n) is 2.66. The highest BCUT2D eigenvalue weighted by molar-refractivity contribution is 6.36. The number of esters is 1. The van der Waals surface area contributed by atoms with Gasteiger partial charge in [-0.25, -0.2) is 9.78 Å². The molecule has 0 radical (unpaired) electrons. The number of carbonyl (C=O) groups excluding carboxylic acids is 2. The highest BCUT2D eigenvalue weighted by atomic mass is 35.5. The second kappa shape index (κ2) is 9.91. The van der Waals surface area contributed by atoms with E-state index in [1.165, 1.54) is 19.2 Å². The van der Waals surface area contributed by atoms with Crippen molar-refractivity contribution in [3.05, 3.63) is 52.1 Å². The molecular weight excluding hydrogens is 419 g/mol. The number of nitrogens with one attached hydrogen (secondary N) is 1. The number of carbonyl (C=O) groups is 2. The predicted octanol–water partition coefficient (Wildman–Crippen LogP) is 4.13. The lowest BCUT2D eigenvalue weighted by Crippen LogP contribution is -2.30. The number of nitrogens with zero attached hydrogens (tertiary/aromatic N) is 1. The van der Waals surface area contributed by atoms with Crippen LogP contribution in [-0.4, -0.2) is 42.3 Å². The van der Waals surface area contributed by atoms with Gasteiger partial charge in [0.1, 0.15) is 12.4 Å². The number of halogens is 2. The summed E-state index contributed by atoms with van der Waals surface area (Å²) >= 11 is 11.7. The first kappa shape index (κ1) is 21.4. The van der Waals surface area contributed by atoms with Gasteiger partial charge in [-0.3, -0.25) is 4.79 Å². The number of rotatable bonds is 7. The molecule has 1 aromatic carbocycles. The minimum atomic E-state index is -1.05. The summed E-state index contributed by atoms with van der Waals surface area (Å²) in [5.74, 6) is -0.428. The molecule has 0 spiro atoms. The van der Waals surface area contributed by atoms with Gasteiger partial charge in [0.05, 0.1) is 21.7 Å². The fraction of sp³-hybridized carbons (Fsp3) is 0.350. The van der Waals surface area contributed by atoms with Gasteiger partial charge in [0, 0.05) is 12.8 Å². The summed E-state index contributed by atoms with van der Waals surface area (Å²) < 4.78 is 16.4. The van der Waals surface area contributed by atoms with Crippen molar-refractivity contribution in [2.24, 2.45) is 0 Å². The Bertz CT molecular complexity index is 870. The molecule has 1 aliphatic heterocycles. The van der Waals surface area contributed by atoms with E-state index in [-0.39, 0.29) is 16.9 Å². The Morgan fingerprint density at radius 3 is 2.72 bits per heavy atom. The first-order chi connectivity index (χ1) is 13.9. The third kappa shape index (κ3) is 6.06. The van der Waals surface area contributed by atoms with E-state index < -0.39 is 18.0 Å². The lowest BCUT2D eigenvalue weighted by molar-refractivity contribution is -0.123. The van der Waals surface area contributed by atoms with Crippen LogP contribution in [0.5, 0.6) is 5.75 Å². The van der Waals surface area contributed by atoms with Gasteiger partial charge in [0.2, 0.25) is 0 Å². The Labute approximate surface area is 178 Å². The van der Waals surface area contributed by atoms with E-state index in [0.717, 1.165) is 19.4 Å². The Kier molecular flexibility index (Phi) is 7.30. The van der Waals surface area contributed by atoms with Crippen molar-refractivity contribution in [2.45, 2.75) is 32.0 Å². The van der Waals surface area contributed by atoms with Gasteiger partial charge in [-0.1, -0.05) is 23.2 Å². The smallest absolute Gasteiger partial charge is 0.338 e. The number of hydrogen-bond donors (Lipinski definition) is 1. The minimum Gasteiger partial charge on any atom is -0.491 e. The highest BCUT2D eigenvalue weighted by Gasteiger charge is 2.21. The zero-order valence-corrected chi connectivity index (χ0v) is 17.2. The Balaban J connectivity index is 1.51. The summed E-state index contributed by atoms with van der Waals surface area (Å²) in [6, 6.07) is 7.96. The number of ether oxygens (including phenoxy) is 3. The Morgan fingerprint density at radius 2 is 2.07 bits per heavy atom. The molecular formula is C20H20Cl2N2O5. The molecule has 1 saturated heterocycles. The van der Waals surface area contributed by atoms with Crippen molar-refractivity contribution < 1.29 is 23.8 Å². The van der Waals surface area contributed by atoms with Crippen LogP contribution in [0.4, 0.5) is 5.82 Å². The Morgan fingerprint density at radius 1 is 1.31 bits per heavy atom. The monoisotopic (exact) mass is 438 g/mol. The summed E-state index contributed by atoms with van der Waals surface area (Å²) in [7, 11) is 0. The third-order valence-corrected chi connectivity index (χ3v) is 4.75. The van der Waals surface area contributed by atoms with E-state index in [2.05, 4.69) is 10.3 Å². The van der Waals surface area contributed by atoms with Crippen molar-refractivity contribution in [3.8, 4) is 5.75 Å². The molecule has 154 valence electrons. The van der Waals surface area contributed by atoms with Crippen molar-refractivity contribution in [3.63, 3.8) is 0 Å². The van der Waals surface area contributed by atoms with Crippen LogP contribution in [0.15, 0.2) is 36.5 Å². The van der Waals surface area contributed by atoms with E-state index in [9.17, 15) is 9.59 Å². The second-order valence-electron chi connectivity index (χ2n) is 6.49. The number of amides is 1. The topological polar surface area (TPSA) is 86.8 Å². The number of aromatic nitrogens is 1. The molecule has 1 fully saturated rings. The van der Waals surface area contributed by atoms with Crippen molar-refractivity contribution >= 4 is 40.9 Å². The van der Waals surface area contributed by atoms with Gasteiger partial charge in [-0.2, -0.15) is 0 Å². The van der Waals surface area contributed by atoms with Gasteiger partial charge in [-0.15, -0.1) is 0 Å². The van der Waals surface area contributed by atoms with E-state index in [1.807, 2.05) is 0 Å². The van der Waals surface area contributed by atoms with Crippen LogP contribution in [-0.2, 0) is 14.3 Å². The summed E-state index contributed by atoms with van der Waals surface area (Å²) in [6.45, 7) is 2.70. The van der Waals surface area contributed by atoms with E-state index in [0.29, 0.717) is 22.9 Å². The summed E-state index contributed by atoms with van der Waals surface area (Å²) in [5.41, 5.74) is 0.303. The SMILES string of the molecule is C[C@@H](OC(=O)c1ccc(OC[C@H]2CCCO2)cc1)C(=O)Nc1ncc(Cl)cc1Cl. The summed E-state index contributed by atoms with van der Waals surface area (Å²) in [5, 5.41) is 3.02. The van der Waals surface area contributed by atoms with Crippen LogP contribution in [0, 0.1) is 0 Å². The molecule has 9 heteroatoms. The molecule has 3 rings (SSSR count). The zero-order valence-electron chi connectivity index (χ0n) is 15.7. The molecule has 1 N–H and O–H groups in total. The molecule has 29 heavy (non-hydrogen) atoms. The van der Waals surface area contributed by atoms with Crippen LogP contribution in [0.2, 0.25) is 10.0 Å². The summed E-state index contributed by atoms with van der Waals surface area (Å²) in [6.07, 6.45) is 2.45. The predicted molar refractivity (Wildman–Crippen MR) is 109 cm³/mol. The molecule has 1 aliphatic rings. The maximum atomic E-state index is 12.3. The van der Waals surface area contributed by atoms with Crippen LogP contribution in [0.1, 0.15) is 30.1 Å². The lowest BCUT2D eigenvalue weighted by atomic mass is 10.2. The van der Waals surface area contributed by atoms with Crippen LogP contribution < -0.4 is 10.1 Å². The minimum absolute atomic E-state index is 0.114. The van der Waals surface area contributed by atoms with Crippen molar-refractivity contribution in [1.82, 2.24) is 4.98 Å². The molecule has 1 aromatic heterocycles. The normalized spacial score (nSPS) is 16.9. The second-order valence-corrected chi connectivity index (χ2v) is 7.33. The average Bonchev–Trinajstić information content (AvgIpc) is 3.22. The van der Waals surface area contributed by atoms with Gasteiger partial charge >= 0.3 is 5.97 Å². The molecule has 2 heterocycles.